The van der Waals surface area contributed by atoms with Crippen molar-refractivity contribution < 1.29 is 8.42 Å². The number of benzene rings is 1. The second-order valence-electron chi connectivity index (χ2n) is 5.30. The molecule has 20 heavy (non-hydrogen) atoms. The highest BCUT2D eigenvalue weighted by molar-refractivity contribution is 7.89. The number of hydrogen-bond acceptors (Lipinski definition) is 4. The van der Waals surface area contributed by atoms with Gasteiger partial charge in [-0.1, -0.05) is 6.92 Å². The second kappa shape index (κ2) is 6.56. The normalized spacial score (nSPS) is 18.2. The van der Waals surface area contributed by atoms with Gasteiger partial charge in [-0.05, 0) is 62.7 Å². The van der Waals surface area contributed by atoms with Crippen LogP contribution in [0, 0.1) is 5.92 Å². The Bertz CT molecular complexity index is 520. The monoisotopic (exact) mass is 297 g/mol. The van der Waals surface area contributed by atoms with Crippen molar-refractivity contribution >= 4 is 15.7 Å². The van der Waals surface area contributed by atoms with Crippen molar-refractivity contribution in [2.45, 2.75) is 24.7 Å². The Morgan fingerprint density at radius 2 is 1.85 bits per heavy atom. The number of anilines is 1. The maximum absolute atomic E-state index is 12.1. The van der Waals surface area contributed by atoms with Gasteiger partial charge in [0.15, 0.2) is 0 Å². The summed E-state index contributed by atoms with van der Waals surface area (Å²) in [6.07, 6.45) is 2.11. The van der Waals surface area contributed by atoms with Crippen LogP contribution in [-0.4, -0.2) is 39.5 Å². The van der Waals surface area contributed by atoms with Crippen LogP contribution in [0.5, 0.6) is 0 Å². The molecule has 0 aliphatic carbocycles. The summed E-state index contributed by atoms with van der Waals surface area (Å²) in [5, 5.41) is 0. The Hall–Kier alpha value is -1.11. The van der Waals surface area contributed by atoms with Gasteiger partial charge in [0.25, 0.3) is 0 Å². The predicted molar refractivity (Wildman–Crippen MR) is 80.9 cm³/mol. The van der Waals surface area contributed by atoms with Gasteiger partial charge in [-0.25, -0.2) is 13.1 Å². The van der Waals surface area contributed by atoms with Gasteiger partial charge in [0, 0.05) is 12.2 Å². The highest BCUT2D eigenvalue weighted by Crippen LogP contribution is 2.17. The summed E-state index contributed by atoms with van der Waals surface area (Å²) in [5.74, 6) is 0.432. The first-order valence-corrected chi connectivity index (χ1v) is 8.57. The van der Waals surface area contributed by atoms with Crippen LogP contribution in [0.4, 0.5) is 5.69 Å². The highest BCUT2D eigenvalue weighted by Gasteiger charge is 2.21. The molecule has 1 aromatic rings. The van der Waals surface area contributed by atoms with Crippen LogP contribution in [0.25, 0.3) is 0 Å². The van der Waals surface area contributed by atoms with E-state index in [1.807, 2.05) is 0 Å². The molecule has 2 rings (SSSR count). The average Bonchev–Trinajstić information content (AvgIpc) is 2.46. The van der Waals surface area contributed by atoms with E-state index in [1.54, 1.807) is 12.1 Å². The first-order chi connectivity index (χ1) is 9.51. The van der Waals surface area contributed by atoms with Crippen molar-refractivity contribution in [2.24, 2.45) is 5.92 Å². The SMILES string of the molecule is CCN1CCC(CNS(=O)(=O)c2ccc(N)cc2)CC1. The minimum atomic E-state index is -3.41. The third-order valence-electron chi connectivity index (χ3n) is 3.91. The maximum atomic E-state index is 12.1. The van der Waals surface area contributed by atoms with E-state index >= 15 is 0 Å². The van der Waals surface area contributed by atoms with E-state index in [-0.39, 0.29) is 4.90 Å². The molecule has 1 aliphatic heterocycles. The van der Waals surface area contributed by atoms with Crippen molar-refractivity contribution in [1.29, 1.82) is 0 Å². The van der Waals surface area contributed by atoms with Crippen LogP contribution in [0.1, 0.15) is 19.8 Å². The Morgan fingerprint density at radius 1 is 1.25 bits per heavy atom. The molecule has 0 bridgehead atoms. The number of likely N-dealkylation sites (tertiary alicyclic amines) is 1. The van der Waals surface area contributed by atoms with Crippen molar-refractivity contribution in [2.75, 3.05) is 31.9 Å². The summed E-state index contributed by atoms with van der Waals surface area (Å²) < 4.78 is 27.0. The van der Waals surface area contributed by atoms with Crippen molar-refractivity contribution in [1.82, 2.24) is 9.62 Å². The molecule has 1 aliphatic rings. The van der Waals surface area contributed by atoms with E-state index in [1.165, 1.54) is 12.1 Å². The Kier molecular flexibility index (Phi) is 5.01. The topological polar surface area (TPSA) is 75.4 Å². The van der Waals surface area contributed by atoms with Gasteiger partial charge in [0.05, 0.1) is 4.90 Å². The molecule has 0 unspecified atom stereocenters. The lowest BCUT2D eigenvalue weighted by molar-refractivity contribution is 0.194. The van der Waals surface area contributed by atoms with Crippen LogP contribution in [-0.2, 0) is 10.0 Å². The quantitative estimate of drug-likeness (QED) is 0.803. The molecular formula is C14H23N3O2S. The average molecular weight is 297 g/mol. The molecule has 0 atom stereocenters. The molecule has 0 amide bonds. The summed E-state index contributed by atoms with van der Waals surface area (Å²) in [4.78, 5) is 2.67. The van der Waals surface area contributed by atoms with Crippen molar-refractivity contribution in [3.63, 3.8) is 0 Å². The fourth-order valence-corrected chi connectivity index (χ4v) is 3.58. The second-order valence-corrected chi connectivity index (χ2v) is 7.07. The van der Waals surface area contributed by atoms with Crippen LogP contribution >= 0.6 is 0 Å². The third-order valence-corrected chi connectivity index (χ3v) is 5.35. The number of hydrogen-bond donors (Lipinski definition) is 2. The van der Waals surface area contributed by atoms with Crippen molar-refractivity contribution in [3.05, 3.63) is 24.3 Å². The fourth-order valence-electron chi connectivity index (χ4n) is 2.46. The lowest BCUT2D eigenvalue weighted by atomic mass is 9.97. The summed E-state index contributed by atoms with van der Waals surface area (Å²) >= 11 is 0. The van der Waals surface area contributed by atoms with Gasteiger partial charge < -0.3 is 10.6 Å². The maximum Gasteiger partial charge on any atom is 0.240 e. The molecule has 5 nitrogen and oxygen atoms in total. The first-order valence-electron chi connectivity index (χ1n) is 7.09. The summed E-state index contributed by atoms with van der Waals surface area (Å²) in [5.41, 5.74) is 6.13. The minimum absolute atomic E-state index is 0.276. The summed E-state index contributed by atoms with van der Waals surface area (Å²) in [7, 11) is -3.41. The summed E-state index contributed by atoms with van der Waals surface area (Å²) in [6.45, 7) is 5.87. The van der Waals surface area contributed by atoms with Crippen LogP contribution in [0.15, 0.2) is 29.2 Å². The summed E-state index contributed by atoms with van der Waals surface area (Å²) in [6, 6.07) is 6.29. The lowest BCUT2D eigenvalue weighted by Gasteiger charge is -2.30. The fraction of sp³-hybridized carbons (Fsp3) is 0.571. The molecule has 1 fully saturated rings. The zero-order valence-corrected chi connectivity index (χ0v) is 12.7. The third kappa shape index (κ3) is 3.94. The number of sulfonamides is 1. The van der Waals surface area contributed by atoms with E-state index in [9.17, 15) is 8.42 Å². The highest BCUT2D eigenvalue weighted by atomic mass is 32.2. The molecule has 0 radical (unpaired) electrons. The number of nitrogens with zero attached hydrogens (tertiary/aromatic N) is 1. The molecule has 1 saturated heterocycles. The number of piperidine rings is 1. The molecule has 0 saturated carbocycles. The van der Waals surface area contributed by atoms with Gasteiger partial charge in [0.2, 0.25) is 10.0 Å². The lowest BCUT2D eigenvalue weighted by Crippen LogP contribution is -2.38. The molecule has 0 spiro atoms. The minimum Gasteiger partial charge on any atom is -0.399 e. The van der Waals surface area contributed by atoms with E-state index in [0.717, 1.165) is 32.5 Å². The van der Waals surface area contributed by atoms with Gasteiger partial charge in [-0.3, -0.25) is 0 Å². The van der Waals surface area contributed by atoms with E-state index in [4.69, 9.17) is 5.73 Å². The standard InChI is InChI=1S/C14H23N3O2S/c1-2-17-9-7-12(8-10-17)11-16-20(18,19)14-5-3-13(15)4-6-14/h3-6,12,16H,2,7-11,15H2,1H3. The molecule has 3 N–H and O–H groups in total. The first kappa shape index (κ1) is 15.3. The number of nitrogen functional groups attached to an aromatic ring is 1. The number of rotatable bonds is 5. The van der Waals surface area contributed by atoms with E-state index < -0.39 is 10.0 Å². The van der Waals surface area contributed by atoms with Gasteiger partial charge in [-0.15, -0.1) is 0 Å². The zero-order valence-electron chi connectivity index (χ0n) is 11.9. The predicted octanol–water partition coefficient (Wildman–Crippen LogP) is 1.28. The van der Waals surface area contributed by atoms with Crippen molar-refractivity contribution in [3.8, 4) is 0 Å². The molecule has 0 aromatic heterocycles. The van der Waals surface area contributed by atoms with Gasteiger partial charge in [0.1, 0.15) is 0 Å². The molecule has 1 aromatic carbocycles. The molecule has 112 valence electrons. The van der Waals surface area contributed by atoms with E-state index in [0.29, 0.717) is 18.2 Å². The smallest absolute Gasteiger partial charge is 0.240 e. The molecular weight excluding hydrogens is 274 g/mol. The molecule has 6 heteroatoms. The number of nitrogens with one attached hydrogen (secondary N) is 1. The Morgan fingerprint density at radius 3 is 2.40 bits per heavy atom. The van der Waals surface area contributed by atoms with Crippen LogP contribution in [0.3, 0.4) is 0 Å². The Balaban J connectivity index is 1.88. The van der Waals surface area contributed by atoms with Crippen LogP contribution in [0.2, 0.25) is 0 Å². The van der Waals surface area contributed by atoms with E-state index in [2.05, 4.69) is 16.5 Å². The van der Waals surface area contributed by atoms with Gasteiger partial charge in [-0.2, -0.15) is 0 Å². The largest absolute Gasteiger partial charge is 0.399 e. The zero-order chi connectivity index (χ0) is 14.6. The van der Waals surface area contributed by atoms with Gasteiger partial charge >= 0.3 is 0 Å². The Labute approximate surface area is 121 Å². The molecule has 1 heterocycles. The number of nitrogens with two attached hydrogens (primary N) is 1. The van der Waals surface area contributed by atoms with Crippen LogP contribution < -0.4 is 10.5 Å².